The molecule has 0 spiro atoms. The maximum Gasteiger partial charge on any atom is 0.0558 e. The zero-order valence-electron chi connectivity index (χ0n) is 32.3. The van der Waals surface area contributed by atoms with Crippen LogP contribution in [0.25, 0.3) is 93.2 Å². The summed E-state index contributed by atoms with van der Waals surface area (Å²) >= 11 is 1.90. The van der Waals surface area contributed by atoms with Crippen molar-refractivity contribution < 1.29 is 0 Å². The molecule has 0 N–H and O–H groups in total. The summed E-state index contributed by atoms with van der Waals surface area (Å²) < 4.78 is 2.47. The summed E-state index contributed by atoms with van der Waals surface area (Å²) in [6, 6.07) is 73.0. The highest BCUT2D eigenvalue weighted by Crippen LogP contribution is 2.52. The van der Waals surface area contributed by atoms with E-state index < -0.39 is 0 Å². The van der Waals surface area contributed by atoms with Crippen LogP contribution in [0.15, 0.2) is 204 Å². The Labute approximate surface area is 347 Å². The monoisotopic (exact) mass is 767 g/mol. The first-order chi connectivity index (χ1) is 29.3. The molecule has 1 nitrogen and oxygen atoms in total. The number of hydrogen-bond acceptors (Lipinski definition) is 1. The van der Waals surface area contributed by atoms with Gasteiger partial charge in [-0.15, -0.1) is 0 Å². The van der Waals surface area contributed by atoms with E-state index in [1.54, 1.807) is 0 Å². The number of aromatic nitrogens is 1. The van der Waals surface area contributed by atoms with Crippen molar-refractivity contribution >= 4 is 65.9 Å². The van der Waals surface area contributed by atoms with Crippen molar-refractivity contribution in [1.29, 1.82) is 0 Å². The Morgan fingerprint density at radius 1 is 0.407 bits per heavy atom. The van der Waals surface area contributed by atoms with Gasteiger partial charge in [0.2, 0.25) is 0 Å². The van der Waals surface area contributed by atoms with Crippen LogP contribution in [0.1, 0.15) is 29.0 Å². The number of benzene rings is 10. The van der Waals surface area contributed by atoms with Gasteiger partial charge >= 0.3 is 0 Å². The van der Waals surface area contributed by atoms with Gasteiger partial charge in [0.15, 0.2) is 0 Å². The van der Waals surface area contributed by atoms with Crippen LogP contribution in [0, 0.1) is 0 Å². The highest BCUT2D eigenvalue weighted by molar-refractivity contribution is 7.99. The Hall–Kier alpha value is -6.87. The van der Waals surface area contributed by atoms with Crippen LogP contribution < -0.4 is 0 Å². The second kappa shape index (κ2) is 12.8. The van der Waals surface area contributed by atoms with Crippen LogP contribution in [0.3, 0.4) is 0 Å². The van der Waals surface area contributed by atoms with Crippen molar-refractivity contribution in [3.8, 4) is 39.1 Å². The summed E-state index contributed by atoms with van der Waals surface area (Å²) in [6.07, 6.45) is 2.09. The van der Waals surface area contributed by atoms with E-state index in [2.05, 4.69) is 199 Å². The summed E-state index contributed by atoms with van der Waals surface area (Å²) in [5.74, 6) is 0.289. The molecule has 2 aliphatic rings. The minimum absolute atomic E-state index is 0.289. The zero-order chi connectivity index (χ0) is 38.6. The molecule has 0 saturated heterocycles. The van der Waals surface area contributed by atoms with Gasteiger partial charge in [-0.3, -0.25) is 0 Å². The third-order valence-electron chi connectivity index (χ3n) is 13.2. The standard InChI is InChI=1S/C57H37NS/c1-2-14-39(15-3-1)58-52-30-28-37(32-51(52)56-48-23-12-22-47-46-21-10-11-24-54(46)59-55(57(47)48)34-53(56)58)36-26-25-35-27-29-45(42-18-7-8-19-43(42)49(35)31-36)50-33-38-13-4-5-16-40(38)41-17-6-9-20-44(41)50/h1-26,28,30-34,45H,27,29H2. The van der Waals surface area contributed by atoms with Crippen LogP contribution in [-0.4, -0.2) is 4.57 Å². The third kappa shape index (κ3) is 4.94. The highest BCUT2D eigenvalue weighted by atomic mass is 32.2. The van der Waals surface area contributed by atoms with E-state index in [9.17, 15) is 0 Å². The molecule has 1 aliphatic carbocycles. The third-order valence-corrected chi connectivity index (χ3v) is 14.3. The number of aryl methyl sites for hydroxylation is 1. The molecule has 0 fully saturated rings. The lowest BCUT2D eigenvalue weighted by molar-refractivity contribution is 0.731. The van der Waals surface area contributed by atoms with E-state index in [1.807, 2.05) is 11.8 Å². The lowest BCUT2D eigenvalue weighted by atomic mass is 9.82. The normalized spacial score (nSPS) is 14.4. The predicted octanol–water partition coefficient (Wildman–Crippen LogP) is 15.8. The summed E-state index contributed by atoms with van der Waals surface area (Å²) in [5.41, 5.74) is 15.8. The Morgan fingerprint density at radius 2 is 1.12 bits per heavy atom. The van der Waals surface area contributed by atoms with Gasteiger partial charge in [0.05, 0.1) is 11.0 Å². The molecule has 11 aromatic rings. The van der Waals surface area contributed by atoms with Crippen LogP contribution >= 0.6 is 11.8 Å². The van der Waals surface area contributed by atoms with Gasteiger partial charge in [-0.25, -0.2) is 0 Å². The molecule has 13 rings (SSSR count). The number of fused-ring (bicyclic) bond motifs is 12. The SMILES string of the molecule is c1ccc(-n2c3ccc(-c4ccc5c(c4)-c4ccccc4C(c4cc6ccccc6c6ccccc46)CC5)cc3c3c4cccc5c4c(cc32)Sc2ccccc2-5)cc1. The first-order valence-corrected chi connectivity index (χ1v) is 21.6. The molecule has 0 saturated carbocycles. The number of para-hydroxylation sites is 1. The van der Waals surface area contributed by atoms with E-state index in [0.717, 1.165) is 12.8 Å². The fourth-order valence-corrected chi connectivity index (χ4v) is 11.8. The number of rotatable bonds is 3. The smallest absolute Gasteiger partial charge is 0.0558 e. The van der Waals surface area contributed by atoms with Crippen molar-refractivity contribution in [1.82, 2.24) is 4.57 Å². The van der Waals surface area contributed by atoms with E-state index in [1.165, 1.54) is 120 Å². The molecule has 59 heavy (non-hydrogen) atoms. The fraction of sp³-hybridized carbons (Fsp3) is 0.0526. The summed E-state index contributed by atoms with van der Waals surface area (Å²) in [4.78, 5) is 2.64. The van der Waals surface area contributed by atoms with Gasteiger partial charge in [0.1, 0.15) is 0 Å². The number of hydrogen-bond donors (Lipinski definition) is 0. The van der Waals surface area contributed by atoms with Gasteiger partial charge in [-0.2, -0.15) is 0 Å². The second-order valence-corrected chi connectivity index (χ2v) is 17.4. The average molecular weight is 768 g/mol. The Bertz CT molecular complexity index is 3540. The van der Waals surface area contributed by atoms with Crippen molar-refractivity contribution in [2.75, 3.05) is 0 Å². The Morgan fingerprint density at radius 3 is 2.03 bits per heavy atom. The first kappa shape index (κ1) is 33.1. The number of nitrogens with zero attached hydrogens (tertiary/aromatic N) is 1. The van der Waals surface area contributed by atoms with Crippen LogP contribution in [-0.2, 0) is 6.42 Å². The Kier molecular flexibility index (Phi) is 7.20. The quantitative estimate of drug-likeness (QED) is 0.162. The van der Waals surface area contributed by atoms with E-state index in [0.29, 0.717) is 0 Å². The van der Waals surface area contributed by atoms with Gasteiger partial charge < -0.3 is 4.57 Å². The maximum atomic E-state index is 2.48. The van der Waals surface area contributed by atoms with Crippen molar-refractivity contribution in [3.63, 3.8) is 0 Å². The molecule has 1 aliphatic heterocycles. The van der Waals surface area contributed by atoms with Crippen molar-refractivity contribution in [3.05, 3.63) is 211 Å². The molecule has 0 amide bonds. The average Bonchev–Trinajstić information content (AvgIpc) is 3.53. The summed E-state index contributed by atoms with van der Waals surface area (Å²) in [5, 5.41) is 10.6. The minimum atomic E-state index is 0.289. The van der Waals surface area contributed by atoms with E-state index in [4.69, 9.17) is 0 Å². The molecule has 2 heterocycles. The lowest BCUT2D eigenvalue weighted by Gasteiger charge is -2.21. The van der Waals surface area contributed by atoms with Crippen molar-refractivity contribution in [2.24, 2.45) is 0 Å². The van der Waals surface area contributed by atoms with Crippen LogP contribution in [0.5, 0.6) is 0 Å². The van der Waals surface area contributed by atoms with Gasteiger partial charge in [-0.1, -0.05) is 157 Å². The maximum absolute atomic E-state index is 2.48. The van der Waals surface area contributed by atoms with E-state index in [-0.39, 0.29) is 5.92 Å². The van der Waals surface area contributed by atoms with Crippen LogP contribution in [0.2, 0.25) is 0 Å². The molecule has 2 heteroatoms. The summed E-state index contributed by atoms with van der Waals surface area (Å²) in [7, 11) is 0. The largest absolute Gasteiger partial charge is 0.309 e. The molecule has 0 radical (unpaired) electrons. The first-order valence-electron chi connectivity index (χ1n) is 20.8. The van der Waals surface area contributed by atoms with Gasteiger partial charge in [-0.05, 0) is 138 Å². The second-order valence-electron chi connectivity index (χ2n) is 16.3. The van der Waals surface area contributed by atoms with Gasteiger partial charge in [0, 0.05) is 37.6 Å². The summed E-state index contributed by atoms with van der Waals surface area (Å²) in [6.45, 7) is 0. The molecular formula is C57H37NS. The molecule has 276 valence electrons. The predicted molar refractivity (Wildman–Crippen MR) is 250 cm³/mol. The van der Waals surface area contributed by atoms with Crippen molar-refractivity contribution in [2.45, 2.75) is 28.6 Å². The topological polar surface area (TPSA) is 4.93 Å². The zero-order valence-corrected chi connectivity index (χ0v) is 33.1. The molecule has 1 atom stereocenters. The fourth-order valence-electron chi connectivity index (χ4n) is 10.6. The Balaban J connectivity index is 1.01. The molecule has 0 bridgehead atoms. The van der Waals surface area contributed by atoms with Gasteiger partial charge in [0.25, 0.3) is 0 Å². The highest BCUT2D eigenvalue weighted by Gasteiger charge is 2.27. The molecule has 1 aromatic heterocycles. The molecular weight excluding hydrogens is 731 g/mol. The van der Waals surface area contributed by atoms with Crippen LogP contribution in [0.4, 0.5) is 0 Å². The van der Waals surface area contributed by atoms with E-state index >= 15 is 0 Å². The molecule has 1 unspecified atom stereocenters. The molecule has 10 aromatic carbocycles. The lowest BCUT2D eigenvalue weighted by Crippen LogP contribution is -2.03. The minimum Gasteiger partial charge on any atom is -0.309 e.